The molecule has 1 aliphatic heterocycles. The normalized spacial score (nSPS) is 16.9. The van der Waals surface area contributed by atoms with Crippen molar-refractivity contribution in [3.05, 3.63) is 55.0 Å². The zero-order valence-corrected chi connectivity index (χ0v) is 15.2. The highest BCUT2D eigenvalue weighted by molar-refractivity contribution is 7.89. The Morgan fingerprint density at radius 2 is 1.73 bits per heavy atom. The minimum absolute atomic E-state index is 0.292. The molecule has 0 saturated carbocycles. The topological polar surface area (TPSA) is 71.3 Å². The van der Waals surface area contributed by atoms with E-state index in [4.69, 9.17) is 0 Å². The molecule has 0 radical (unpaired) electrons. The SMILES string of the molecule is O=S(=O)(c1cccc2cccnc12)N1CCN(CCn2cccn2)CC1. The molecule has 0 N–H and O–H groups in total. The summed E-state index contributed by atoms with van der Waals surface area (Å²) in [6, 6.07) is 10.9. The van der Waals surface area contributed by atoms with E-state index in [-0.39, 0.29) is 0 Å². The molecule has 8 heteroatoms. The van der Waals surface area contributed by atoms with Crippen LogP contribution in [0.5, 0.6) is 0 Å². The van der Waals surface area contributed by atoms with Gasteiger partial charge < -0.3 is 0 Å². The van der Waals surface area contributed by atoms with Gasteiger partial charge in [0.25, 0.3) is 0 Å². The van der Waals surface area contributed by atoms with Gasteiger partial charge in [0.1, 0.15) is 4.90 Å². The summed E-state index contributed by atoms with van der Waals surface area (Å²) in [5.74, 6) is 0. The van der Waals surface area contributed by atoms with Crippen LogP contribution in [0.25, 0.3) is 10.9 Å². The van der Waals surface area contributed by atoms with E-state index in [0.717, 1.165) is 31.6 Å². The van der Waals surface area contributed by atoms with Crippen molar-refractivity contribution in [2.45, 2.75) is 11.4 Å². The van der Waals surface area contributed by atoms with Gasteiger partial charge in [0.05, 0.1) is 12.1 Å². The molecule has 1 aliphatic rings. The second-order valence-electron chi connectivity index (χ2n) is 6.35. The van der Waals surface area contributed by atoms with Gasteiger partial charge in [0.2, 0.25) is 10.0 Å². The average molecular weight is 371 g/mol. The standard InChI is InChI=1S/C18H21N5O2S/c24-26(25,17-6-1-4-16-5-2-7-19-18(16)17)23-14-11-21(12-15-23)10-13-22-9-3-8-20-22/h1-9H,10-15H2. The number of nitrogens with zero attached hydrogens (tertiary/aromatic N) is 5. The zero-order chi connectivity index (χ0) is 18.0. The molecule has 0 unspecified atom stereocenters. The van der Waals surface area contributed by atoms with Gasteiger partial charge in [-0.3, -0.25) is 14.6 Å². The molecule has 7 nitrogen and oxygen atoms in total. The first kappa shape index (κ1) is 17.1. The summed E-state index contributed by atoms with van der Waals surface area (Å²) in [7, 11) is -3.54. The maximum atomic E-state index is 13.1. The summed E-state index contributed by atoms with van der Waals surface area (Å²) in [6.07, 6.45) is 5.34. The summed E-state index contributed by atoms with van der Waals surface area (Å²) in [5.41, 5.74) is 0.538. The van der Waals surface area contributed by atoms with Gasteiger partial charge in [-0.1, -0.05) is 18.2 Å². The molecule has 0 spiro atoms. The first-order valence-electron chi connectivity index (χ1n) is 8.68. The number of rotatable bonds is 5. The monoisotopic (exact) mass is 371 g/mol. The third kappa shape index (κ3) is 3.35. The van der Waals surface area contributed by atoms with Crippen molar-refractivity contribution in [3.8, 4) is 0 Å². The Kier molecular flexibility index (Phi) is 4.71. The van der Waals surface area contributed by atoms with Crippen LogP contribution < -0.4 is 0 Å². The Hall–Kier alpha value is -2.29. The Morgan fingerprint density at radius 3 is 2.50 bits per heavy atom. The van der Waals surface area contributed by atoms with Crippen LogP contribution >= 0.6 is 0 Å². The largest absolute Gasteiger partial charge is 0.299 e. The fraction of sp³-hybridized carbons (Fsp3) is 0.333. The average Bonchev–Trinajstić information content (AvgIpc) is 3.20. The van der Waals surface area contributed by atoms with Gasteiger partial charge in [0.15, 0.2) is 0 Å². The predicted molar refractivity (Wildman–Crippen MR) is 99.2 cm³/mol. The summed E-state index contributed by atoms with van der Waals surface area (Å²) < 4.78 is 29.7. The lowest BCUT2D eigenvalue weighted by Crippen LogP contribution is -2.49. The number of hydrogen-bond donors (Lipinski definition) is 0. The first-order chi connectivity index (χ1) is 12.6. The lowest BCUT2D eigenvalue weighted by Gasteiger charge is -2.34. The zero-order valence-electron chi connectivity index (χ0n) is 14.4. The molecule has 3 heterocycles. The van der Waals surface area contributed by atoms with Gasteiger partial charge in [-0.05, 0) is 18.2 Å². The molecule has 0 bridgehead atoms. The summed E-state index contributed by atoms with van der Waals surface area (Å²) in [6.45, 7) is 4.10. The smallest absolute Gasteiger partial charge is 0.245 e. The predicted octanol–water partition coefficient (Wildman–Crippen LogP) is 1.44. The van der Waals surface area contributed by atoms with Gasteiger partial charge in [-0.15, -0.1) is 0 Å². The Bertz CT molecular complexity index is 974. The highest BCUT2D eigenvalue weighted by Gasteiger charge is 2.29. The van der Waals surface area contributed by atoms with Crippen LogP contribution in [0.4, 0.5) is 0 Å². The van der Waals surface area contributed by atoms with Gasteiger partial charge in [-0.2, -0.15) is 9.40 Å². The lowest BCUT2D eigenvalue weighted by molar-refractivity contribution is 0.181. The molecule has 1 aromatic carbocycles. The van der Waals surface area contributed by atoms with Crippen LogP contribution in [0.2, 0.25) is 0 Å². The quantitative estimate of drug-likeness (QED) is 0.679. The highest BCUT2D eigenvalue weighted by atomic mass is 32.2. The van der Waals surface area contributed by atoms with Crippen LogP contribution in [0.3, 0.4) is 0 Å². The fourth-order valence-electron chi connectivity index (χ4n) is 3.29. The van der Waals surface area contributed by atoms with Crippen molar-refractivity contribution in [1.29, 1.82) is 0 Å². The minimum Gasteiger partial charge on any atom is -0.299 e. The molecule has 0 aliphatic carbocycles. The minimum atomic E-state index is -3.54. The fourth-order valence-corrected chi connectivity index (χ4v) is 4.88. The molecule has 1 fully saturated rings. The van der Waals surface area contributed by atoms with Crippen LogP contribution in [0.1, 0.15) is 0 Å². The van der Waals surface area contributed by atoms with Crippen LogP contribution in [0.15, 0.2) is 59.9 Å². The molecular weight excluding hydrogens is 350 g/mol. The molecule has 26 heavy (non-hydrogen) atoms. The van der Waals surface area contributed by atoms with Crippen LogP contribution in [0, 0.1) is 0 Å². The van der Waals surface area contributed by atoms with E-state index in [1.807, 2.05) is 35.1 Å². The number of aromatic nitrogens is 3. The molecule has 1 saturated heterocycles. The maximum absolute atomic E-state index is 13.1. The van der Waals surface area contributed by atoms with Crippen molar-refractivity contribution in [2.24, 2.45) is 0 Å². The van der Waals surface area contributed by atoms with Crippen molar-refractivity contribution < 1.29 is 8.42 Å². The number of fused-ring (bicyclic) bond motifs is 1. The summed E-state index contributed by atoms with van der Waals surface area (Å²) in [4.78, 5) is 6.85. The number of hydrogen-bond acceptors (Lipinski definition) is 5. The second-order valence-corrected chi connectivity index (χ2v) is 8.25. The number of benzene rings is 1. The van der Waals surface area contributed by atoms with Gasteiger partial charge in [0, 0.05) is 56.7 Å². The van der Waals surface area contributed by atoms with Crippen molar-refractivity contribution in [1.82, 2.24) is 24.0 Å². The van der Waals surface area contributed by atoms with E-state index < -0.39 is 10.0 Å². The second kappa shape index (κ2) is 7.14. The van der Waals surface area contributed by atoms with Crippen molar-refractivity contribution in [2.75, 3.05) is 32.7 Å². The molecule has 4 rings (SSSR count). The van der Waals surface area contributed by atoms with Gasteiger partial charge in [-0.25, -0.2) is 8.42 Å². The van der Waals surface area contributed by atoms with Gasteiger partial charge >= 0.3 is 0 Å². The molecular formula is C18H21N5O2S. The van der Waals surface area contributed by atoms with Crippen molar-refractivity contribution >= 4 is 20.9 Å². The molecule has 2 aromatic heterocycles. The van der Waals surface area contributed by atoms with Crippen molar-refractivity contribution in [3.63, 3.8) is 0 Å². The molecule has 0 atom stereocenters. The van der Waals surface area contributed by atoms with E-state index in [1.165, 1.54) is 0 Å². The maximum Gasteiger partial charge on any atom is 0.245 e. The Labute approximate surface area is 152 Å². The summed E-state index contributed by atoms with van der Waals surface area (Å²) >= 11 is 0. The number of pyridine rings is 1. The van der Waals surface area contributed by atoms with Crippen LogP contribution in [-0.2, 0) is 16.6 Å². The molecule has 0 amide bonds. The number of para-hydroxylation sites is 1. The Morgan fingerprint density at radius 1 is 0.923 bits per heavy atom. The first-order valence-corrected chi connectivity index (χ1v) is 10.1. The number of piperazine rings is 1. The van der Waals surface area contributed by atoms with E-state index in [0.29, 0.717) is 23.5 Å². The van der Waals surface area contributed by atoms with Crippen LogP contribution in [-0.4, -0.2) is 65.1 Å². The highest BCUT2D eigenvalue weighted by Crippen LogP contribution is 2.24. The van der Waals surface area contributed by atoms with E-state index >= 15 is 0 Å². The lowest BCUT2D eigenvalue weighted by atomic mass is 10.2. The van der Waals surface area contributed by atoms with E-state index in [1.54, 1.807) is 28.8 Å². The third-order valence-electron chi connectivity index (χ3n) is 4.75. The van der Waals surface area contributed by atoms with E-state index in [9.17, 15) is 8.42 Å². The van der Waals surface area contributed by atoms with E-state index in [2.05, 4.69) is 15.0 Å². The summed E-state index contributed by atoms with van der Waals surface area (Å²) in [5, 5.41) is 5.04. The molecule has 3 aromatic rings. The third-order valence-corrected chi connectivity index (χ3v) is 6.68. The Balaban J connectivity index is 1.46. The number of sulfonamides is 1. The molecule has 136 valence electrons.